The minimum Gasteiger partial charge on any atom is -0.444 e. The zero-order chi connectivity index (χ0) is 11.5. The van der Waals surface area contributed by atoms with Crippen LogP contribution in [-0.2, 0) is 4.74 Å². The lowest BCUT2D eigenvalue weighted by molar-refractivity contribution is 0.0494. The third-order valence-corrected chi connectivity index (χ3v) is 2.38. The summed E-state index contributed by atoms with van der Waals surface area (Å²) >= 11 is 0. The molecule has 1 fully saturated rings. The molecule has 1 heterocycles. The van der Waals surface area contributed by atoms with Crippen LogP contribution in [0.25, 0.3) is 0 Å². The number of carbonyl (C=O) groups is 1. The van der Waals surface area contributed by atoms with E-state index in [1.54, 1.807) is 0 Å². The summed E-state index contributed by atoms with van der Waals surface area (Å²) in [7, 11) is 0. The summed E-state index contributed by atoms with van der Waals surface area (Å²) in [6.07, 6.45) is 1.80. The monoisotopic (exact) mass is 214 g/mol. The molecule has 1 rings (SSSR count). The standard InChI is InChI=1S/C11H22N2O2/c1-8-5-6-9(7-12-8)13-10(14)15-11(2,3)4/h8-9,12H,5-7H2,1-4H3,(H,13,14)/t8-,9-/m0/s1. The second-order valence-electron chi connectivity index (χ2n) is 5.23. The van der Waals surface area contributed by atoms with Gasteiger partial charge in [-0.1, -0.05) is 0 Å². The van der Waals surface area contributed by atoms with Crippen molar-refractivity contribution in [3.05, 3.63) is 0 Å². The SMILES string of the molecule is C[C@H]1CC[C@H](NC(=O)OC(C)(C)C)CN1. The van der Waals surface area contributed by atoms with Crippen LogP contribution in [0.1, 0.15) is 40.5 Å². The zero-order valence-corrected chi connectivity index (χ0v) is 10.1. The molecule has 2 N–H and O–H groups in total. The molecule has 4 nitrogen and oxygen atoms in total. The molecule has 0 spiro atoms. The first-order chi connectivity index (χ1) is 6.87. The van der Waals surface area contributed by atoms with Crippen LogP contribution in [0.15, 0.2) is 0 Å². The van der Waals surface area contributed by atoms with Crippen LogP contribution in [0.3, 0.4) is 0 Å². The smallest absolute Gasteiger partial charge is 0.407 e. The van der Waals surface area contributed by atoms with Crippen molar-refractivity contribution >= 4 is 6.09 Å². The number of rotatable bonds is 1. The number of ether oxygens (including phenoxy) is 1. The molecule has 15 heavy (non-hydrogen) atoms. The Labute approximate surface area is 91.8 Å². The van der Waals surface area contributed by atoms with Gasteiger partial charge in [-0.05, 0) is 40.5 Å². The maximum atomic E-state index is 11.4. The van der Waals surface area contributed by atoms with E-state index in [2.05, 4.69) is 17.6 Å². The summed E-state index contributed by atoms with van der Waals surface area (Å²) in [6, 6.07) is 0.762. The minimum atomic E-state index is -0.417. The summed E-state index contributed by atoms with van der Waals surface area (Å²) in [6.45, 7) is 8.60. The van der Waals surface area contributed by atoms with Crippen LogP contribution in [0.5, 0.6) is 0 Å². The summed E-state index contributed by atoms with van der Waals surface area (Å²) in [4.78, 5) is 11.4. The number of alkyl carbamates (subject to hydrolysis) is 1. The molecule has 0 aromatic carbocycles. The number of piperidine rings is 1. The van der Waals surface area contributed by atoms with Crippen LogP contribution in [0.2, 0.25) is 0 Å². The molecule has 1 amide bonds. The lowest BCUT2D eigenvalue weighted by Gasteiger charge is -2.29. The number of hydrogen-bond donors (Lipinski definition) is 2. The predicted octanol–water partition coefficient (Wildman–Crippen LogP) is 1.65. The van der Waals surface area contributed by atoms with E-state index in [1.165, 1.54) is 0 Å². The minimum absolute atomic E-state index is 0.205. The molecule has 0 saturated carbocycles. The Morgan fingerprint density at radius 1 is 1.40 bits per heavy atom. The predicted molar refractivity (Wildman–Crippen MR) is 59.9 cm³/mol. The Morgan fingerprint density at radius 2 is 2.07 bits per heavy atom. The molecule has 0 aliphatic carbocycles. The Hall–Kier alpha value is -0.770. The molecule has 1 saturated heterocycles. The second-order valence-corrected chi connectivity index (χ2v) is 5.23. The van der Waals surface area contributed by atoms with Crippen molar-refractivity contribution in [1.82, 2.24) is 10.6 Å². The van der Waals surface area contributed by atoms with Gasteiger partial charge in [-0.3, -0.25) is 0 Å². The van der Waals surface area contributed by atoms with E-state index in [0.717, 1.165) is 19.4 Å². The van der Waals surface area contributed by atoms with Gasteiger partial charge in [0.05, 0.1) is 0 Å². The van der Waals surface area contributed by atoms with Gasteiger partial charge in [0.25, 0.3) is 0 Å². The van der Waals surface area contributed by atoms with E-state index >= 15 is 0 Å². The average Bonchev–Trinajstić information content (AvgIpc) is 2.05. The highest BCUT2D eigenvalue weighted by molar-refractivity contribution is 5.68. The van der Waals surface area contributed by atoms with Crippen LogP contribution in [-0.4, -0.2) is 30.3 Å². The van der Waals surface area contributed by atoms with Crippen molar-refractivity contribution < 1.29 is 9.53 Å². The van der Waals surface area contributed by atoms with E-state index < -0.39 is 5.60 Å². The van der Waals surface area contributed by atoms with Gasteiger partial charge in [0, 0.05) is 18.6 Å². The Kier molecular flexibility index (Phi) is 3.97. The van der Waals surface area contributed by atoms with Crippen LogP contribution >= 0.6 is 0 Å². The first kappa shape index (κ1) is 12.3. The molecule has 0 radical (unpaired) electrons. The molecule has 4 heteroatoms. The van der Waals surface area contributed by atoms with Gasteiger partial charge in [0.15, 0.2) is 0 Å². The molecule has 0 bridgehead atoms. The summed E-state index contributed by atoms with van der Waals surface area (Å²) < 4.78 is 5.19. The van der Waals surface area contributed by atoms with Crippen molar-refractivity contribution in [3.8, 4) is 0 Å². The third-order valence-electron chi connectivity index (χ3n) is 2.38. The van der Waals surface area contributed by atoms with Crippen molar-refractivity contribution in [1.29, 1.82) is 0 Å². The third kappa shape index (κ3) is 5.02. The molecule has 0 aromatic rings. The van der Waals surface area contributed by atoms with Gasteiger partial charge < -0.3 is 15.4 Å². The first-order valence-corrected chi connectivity index (χ1v) is 5.60. The van der Waals surface area contributed by atoms with Gasteiger partial charge in [0.1, 0.15) is 5.60 Å². The normalized spacial score (nSPS) is 27.2. The van der Waals surface area contributed by atoms with Crippen molar-refractivity contribution in [2.75, 3.05) is 6.54 Å². The van der Waals surface area contributed by atoms with E-state index in [0.29, 0.717) is 6.04 Å². The Morgan fingerprint density at radius 3 is 2.53 bits per heavy atom. The molecule has 0 unspecified atom stereocenters. The maximum absolute atomic E-state index is 11.4. The lowest BCUT2D eigenvalue weighted by atomic mass is 10.0. The van der Waals surface area contributed by atoms with Crippen molar-refractivity contribution in [2.45, 2.75) is 58.2 Å². The van der Waals surface area contributed by atoms with Crippen LogP contribution in [0.4, 0.5) is 4.79 Å². The fourth-order valence-electron chi connectivity index (χ4n) is 1.60. The lowest BCUT2D eigenvalue weighted by Crippen LogP contribution is -2.49. The van der Waals surface area contributed by atoms with Crippen molar-refractivity contribution in [3.63, 3.8) is 0 Å². The van der Waals surface area contributed by atoms with Crippen LogP contribution in [0, 0.1) is 0 Å². The molecular formula is C11H22N2O2. The summed E-state index contributed by atoms with van der Waals surface area (Å²) in [5.74, 6) is 0. The van der Waals surface area contributed by atoms with E-state index in [9.17, 15) is 4.79 Å². The molecule has 88 valence electrons. The van der Waals surface area contributed by atoms with Gasteiger partial charge in [0.2, 0.25) is 0 Å². The highest BCUT2D eigenvalue weighted by atomic mass is 16.6. The Balaban J connectivity index is 2.27. The van der Waals surface area contributed by atoms with E-state index in [1.807, 2.05) is 20.8 Å². The quantitative estimate of drug-likeness (QED) is 0.698. The topological polar surface area (TPSA) is 50.4 Å². The molecule has 2 atom stereocenters. The first-order valence-electron chi connectivity index (χ1n) is 5.60. The van der Waals surface area contributed by atoms with E-state index in [4.69, 9.17) is 4.74 Å². The highest BCUT2D eigenvalue weighted by Crippen LogP contribution is 2.10. The van der Waals surface area contributed by atoms with Crippen LogP contribution < -0.4 is 10.6 Å². The molecule has 1 aliphatic rings. The number of carbonyl (C=O) groups excluding carboxylic acids is 1. The fraction of sp³-hybridized carbons (Fsp3) is 0.909. The van der Waals surface area contributed by atoms with Gasteiger partial charge >= 0.3 is 6.09 Å². The van der Waals surface area contributed by atoms with E-state index in [-0.39, 0.29) is 12.1 Å². The molecule has 0 aromatic heterocycles. The molecule has 1 aliphatic heterocycles. The fourth-order valence-corrected chi connectivity index (χ4v) is 1.60. The number of amides is 1. The Bertz CT molecular complexity index is 215. The number of hydrogen-bond acceptors (Lipinski definition) is 3. The summed E-state index contributed by atoms with van der Waals surface area (Å²) in [5.41, 5.74) is -0.417. The summed E-state index contributed by atoms with van der Waals surface area (Å²) in [5, 5.41) is 6.20. The van der Waals surface area contributed by atoms with Crippen molar-refractivity contribution in [2.24, 2.45) is 0 Å². The number of nitrogens with one attached hydrogen (secondary N) is 2. The average molecular weight is 214 g/mol. The van der Waals surface area contributed by atoms with Gasteiger partial charge in [-0.25, -0.2) is 4.79 Å². The maximum Gasteiger partial charge on any atom is 0.407 e. The zero-order valence-electron chi connectivity index (χ0n) is 10.1. The van der Waals surface area contributed by atoms with Gasteiger partial charge in [-0.15, -0.1) is 0 Å². The molecular weight excluding hydrogens is 192 g/mol. The second kappa shape index (κ2) is 4.84. The van der Waals surface area contributed by atoms with Gasteiger partial charge in [-0.2, -0.15) is 0 Å². The highest BCUT2D eigenvalue weighted by Gasteiger charge is 2.22. The largest absolute Gasteiger partial charge is 0.444 e.